The molecule has 7 rings (SSSR count). The van der Waals surface area contributed by atoms with Crippen molar-refractivity contribution in [2.75, 3.05) is 39.3 Å². The average molecular weight is 648 g/mol. The monoisotopic (exact) mass is 647 g/mol. The topological polar surface area (TPSA) is 90.5 Å². The highest BCUT2D eigenvalue weighted by Crippen LogP contribution is 2.42. The zero-order valence-electron chi connectivity index (χ0n) is 26.8. The molecule has 0 bridgehead atoms. The number of ether oxygens (including phenoxy) is 1. The van der Waals surface area contributed by atoms with E-state index in [0.717, 1.165) is 54.4 Å². The van der Waals surface area contributed by atoms with Crippen molar-refractivity contribution in [3.05, 3.63) is 76.6 Å². The molecule has 47 heavy (non-hydrogen) atoms. The number of aromatic amines is 1. The highest BCUT2D eigenvalue weighted by Gasteiger charge is 2.36. The number of hydrogen-bond donors (Lipinski definition) is 1. The first-order chi connectivity index (χ1) is 22.7. The lowest BCUT2D eigenvalue weighted by Crippen LogP contribution is -2.45. The molecule has 1 aliphatic carbocycles. The molecule has 3 aliphatic rings. The van der Waals surface area contributed by atoms with Gasteiger partial charge in [0.2, 0.25) is 5.91 Å². The van der Waals surface area contributed by atoms with Gasteiger partial charge in [-0.25, -0.2) is 4.98 Å². The molecule has 1 atom stereocenters. The number of carbonyl (C=O) groups is 1. The van der Waals surface area contributed by atoms with Crippen LogP contribution in [0.25, 0.3) is 11.0 Å². The Kier molecular flexibility index (Phi) is 8.65. The number of hydrogen-bond acceptors (Lipinski definition) is 7. The van der Waals surface area contributed by atoms with Gasteiger partial charge in [-0.3, -0.25) is 19.7 Å². The number of H-pyrrole nitrogens is 1. The van der Waals surface area contributed by atoms with E-state index in [2.05, 4.69) is 32.8 Å². The standard InChI is InChI=1S/C35H40F3N7O2/c1-3-23-19-45(32(46)14-22-13-28(35(36,37)38)30(40-17-22)21-44-11-9-43(4-2)10-12-44)20-25-15-26(18-41-33(23)25)47-31-7-8-39-34-27(31)16-29(42-34)24-5-6-24/h7-8,13,15-18,23-24H,3-6,9-12,14,19-21H2,1-2H3,(H,39,42). The number of carbonyl (C=O) groups excluding carboxylic acids is 1. The fourth-order valence-electron chi connectivity index (χ4n) is 6.80. The van der Waals surface area contributed by atoms with Crippen molar-refractivity contribution in [3.63, 3.8) is 0 Å². The summed E-state index contributed by atoms with van der Waals surface area (Å²) in [7, 11) is 0. The third-order valence-corrected chi connectivity index (χ3v) is 9.74. The summed E-state index contributed by atoms with van der Waals surface area (Å²) >= 11 is 0. The highest BCUT2D eigenvalue weighted by molar-refractivity contribution is 5.84. The Bertz CT molecular complexity index is 1760. The molecule has 4 aromatic rings. The van der Waals surface area contributed by atoms with Gasteiger partial charge in [0, 0.05) is 69.8 Å². The van der Waals surface area contributed by atoms with Crippen molar-refractivity contribution in [3.8, 4) is 11.5 Å². The normalized spacial score (nSPS) is 19.3. The van der Waals surface area contributed by atoms with Crippen LogP contribution in [0, 0.1) is 0 Å². The molecule has 12 heteroatoms. The number of piperazine rings is 1. The maximum Gasteiger partial charge on any atom is 0.418 e. The largest absolute Gasteiger partial charge is 0.455 e. The zero-order chi connectivity index (χ0) is 32.7. The third kappa shape index (κ3) is 6.85. The molecule has 248 valence electrons. The fourth-order valence-corrected chi connectivity index (χ4v) is 6.80. The number of nitrogens with zero attached hydrogens (tertiary/aromatic N) is 6. The second-order valence-electron chi connectivity index (χ2n) is 13.0. The van der Waals surface area contributed by atoms with E-state index in [9.17, 15) is 18.0 Å². The van der Waals surface area contributed by atoms with Gasteiger partial charge >= 0.3 is 6.18 Å². The van der Waals surface area contributed by atoms with E-state index >= 15 is 0 Å². The van der Waals surface area contributed by atoms with Crippen LogP contribution >= 0.6 is 0 Å². The van der Waals surface area contributed by atoms with Gasteiger partial charge in [0.1, 0.15) is 17.1 Å². The fraction of sp³-hybridized carbons (Fsp3) is 0.486. The maximum atomic E-state index is 14.2. The smallest absolute Gasteiger partial charge is 0.418 e. The maximum absolute atomic E-state index is 14.2. The van der Waals surface area contributed by atoms with Gasteiger partial charge in [-0.2, -0.15) is 13.2 Å². The van der Waals surface area contributed by atoms with Crippen LogP contribution in [0.2, 0.25) is 0 Å². The summed E-state index contributed by atoms with van der Waals surface area (Å²) in [6.45, 7) is 9.00. The number of likely N-dealkylation sites (N-methyl/N-ethyl adjacent to an activating group) is 1. The quantitative estimate of drug-likeness (QED) is 0.230. The molecule has 2 fully saturated rings. The average Bonchev–Trinajstić information content (AvgIpc) is 3.83. The van der Waals surface area contributed by atoms with Gasteiger partial charge in [-0.05, 0) is 67.1 Å². The van der Waals surface area contributed by atoms with Crippen LogP contribution in [-0.4, -0.2) is 79.8 Å². The minimum Gasteiger partial charge on any atom is -0.455 e. The molecule has 1 amide bonds. The molecular weight excluding hydrogens is 607 g/mol. The SMILES string of the molecule is CCC1CN(C(=O)Cc2cnc(CN3CCN(CC)CC3)c(C(F)(F)F)c2)Cc2cc(Oc3ccnc4[nH]c(C5CC5)cc34)cnc21. The highest BCUT2D eigenvalue weighted by atomic mass is 19.4. The summed E-state index contributed by atoms with van der Waals surface area (Å²) in [5, 5.41) is 0.910. The first-order valence-electron chi connectivity index (χ1n) is 16.6. The van der Waals surface area contributed by atoms with E-state index < -0.39 is 11.7 Å². The van der Waals surface area contributed by atoms with Gasteiger partial charge in [0.15, 0.2) is 0 Å². The van der Waals surface area contributed by atoms with Crippen molar-refractivity contribution < 1.29 is 22.7 Å². The molecule has 1 unspecified atom stereocenters. The van der Waals surface area contributed by atoms with Crippen molar-refractivity contribution >= 4 is 16.9 Å². The van der Waals surface area contributed by atoms with Crippen LogP contribution in [0.5, 0.6) is 11.5 Å². The van der Waals surface area contributed by atoms with Gasteiger partial charge in [0.05, 0.1) is 35.0 Å². The summed E-state index contributed by atoms with van der Waals surface area (Å²) in [5.74, 6) is 1.55. The number of alkyl halides is 3. The summed E-state index contributed by atoms with van der Waals surface area (Å²) in [6.07, 6.45) is 3.25. The molecule has 4 aromatic heterocycles. The summed E-state index contributed by atoms with van der Waals surface area (Å²) in [4.78, 5) is 36.5. The first kappa shape index (κ1) is 31.6. The molecular formula is C35H40F3N7O2. The Labute approximate surface area is 272 Å². The molecule has 0 radical (unpaired) electrons. The lowest BCUT2D eigenvalue weighted by molar-refractivity contribution is -0.139. The van der Waals surface area contributed by atoms with Crippen molar-refractivity contribution in [1.29, 1.82) is 0 Å². The molecule has 1 saturated carbocycles. The molecule has 0 spiro atoms. The molecule has 1 saturated heterocycles. The van der Waals surface area contributed by atoms with Crippen LogP contribution in [0.1, 0.15) is 78.7 Å². The van der Waals surface area contributed by atoms with E-state index in [1.54, 1.807) is 17.3 Å². The molecule has 6 heterocycles. The molecule has 1 N–H and O–H groups in total. The summed E-state index contributed by atoms with van der Waals surface area (Å²) < 4.78 is 48.9. The Morgan fingerprint density at radius 1 is 1.02 bits per heavy atom. The van der Waals surface area contributed by atoms with E-state index in [0.29, 0.717) is 43.6 Å². The van der Waals surface area contributed by atoms with Crippen molar-refractivity contribution in [2.45, 2.75) is 70.6 Å². The Balaban J connectivity index is 1.07. The van der Waals surface area contributed by atoms with Crippen LogP contribution in [0.3, 0.4) is 0 Å². The van der Waals surface area contributed by atoms with E-state index in [1.165, 1.54) is 24.7 Å². The second-order valence-corrected chi connectivity index (χ2v) is 13.0. The molecule has 2 aliphatic heterocycles. The minimum atomic E-state index is -4.56. The van der Waals surface area contributed by atoms with Crippen molar-refractivity contribution in [2.24, 2.45) is 0 Å². The lowest BCUT2D eigenvalue weighted by Gasteiger charge is -2.34. The second kappa shape index (κ2) is 12.9. The Morgan fingerprint density at radius 2 is 1.81 bits per heavy atom. The lowest BCUT2D eigenvalue weighted by atomic mass is 9.92. The Hall–Kier alpha value is -4.03. The number of rotatable bonds is 9. The predicted octanol–water partition coefficient (Wildman–Crippen LogP) is 6.26. The number of nitrogens with one attached hydrogen (secondary N) is 1. The number of pyridine rings is 3. The molecule has 0 aromatic carbocycles. The minimum absolute atomic E-state index is 0.00470. The van der Waals surface area contributed by atoms with E-state index in [4.69, 9.17) is 9.72 Å². The predicted molar refractivity (Wildman–Crippen MR) is 171 cm³/mol. The number of amides is 1. The number of halogens is 3. The number of fused-ring (bicyclic) bond motifs is 2. The summed E-state index contributed by atoms with van der Waals surface area (Å²) in [6, 6.07) is 6.96. The first-order valence-corrected chi connectivity index (χ1v) is 16.6. The van der Waals surface area contributed by atoms with Gasteiger partial charge < -0.3 is 19.5 Å². The zero-order valence-corrected chi connectivity index (χ0v) is 26.8. The van der Waals surface area contributed by atoms with Crippen LogP contribution < -0.4 is 4.74 Å². The van der Waals surface area contributed by atoms with Crippen LogP contribution in [0.4, 0.5) is 13.2 Å². The van der Waals surface area contributed by atoms with Crippen molar-refractivity contribution in [1.82, 2.24) is 34.6 Å². The number of aromatic nitrogens is 4. The van der Waals surface area contributed by atoms with Crippen LogP contribution in [-0.2, 0) is 30.5 Å². The van der Waals surface area contributed by atoms with Gasteiger partial charge in [-0.1, -0.05) is 13.8 Å². The van der Waals surface area contributed by atoms with E-state index in [-0.39, 0.29) is 36.0 Å². The Morgan fingerprint density at radius 3 is 2.53 bits per heavy atom. The van der Waals surface area contributed by atoms with Gasteiger partial charge in [-0.15, -0.1) is 0 Å². The molecule has 9 nitrogen and oxygen atoms in total. The van der Waals surface area contributed by atoms with E-state index in [1.807, 2.05) is 24.0 Å². The third-order valence-electron chi connectivity index (χ3n) is 9.74. The summed E-state index contributed by atoms with van der Waals surface area (Å²) in [5.41, 5.74) is 3.25. The van der Waals surface area contributed by atoms with Crippen LogP contribution in [0.15, 0.2) is 42.9 Å². The van der Waals surface area contributed by atoms with Gasteiger partial charge in [0.25, 0.3) is 0 Å².